The molecule has 20 heavy (non-hydrogen) atoms. The van der Waals surface area contributed by atoms with Gasteiger partial charge in [0.2, 0.25) is 0 Å². The summed E-state index contributed by atoms with van der Waals surface area (Å²) in [5.74, 6) is -3.46. The number of amides is 1. The summed E-state index contributed by atoms with van der Waals surface area (Å²) in [4.78, 5) is 22.7. The number of aromatic carboxylic acids is 1. The molecule has 0 aromatic heterocycles. The van der Waals surface area contributed by atoms with Crippen molar-refractivity contribution in [1.29, 1.82) is 0 Å². The van der Waals surface area contributed by atoms with E-state index >= 15 is 0 Å². The number of benzene rings is 2. The normalized spacial score (nSPS) is 10.1. The molecule has 2 rings (SSSR count). The summed E-state index contributed by atoms with van der Waals surface area (Å²) in [6.45, 7) is 0. The lowest BCUT2D eigenvalue weighted by Gasteiger charge is -2.06. The third-order valence-corrected chi connectivity index (χ3v) is 2.49. The molecule has 0 spiro atoms. The predicted octanol–water partition coefficient (Wildman–Crippen LogP) is 2.92. The van der Waals surface area contributed by atoms with Crippen LogP contribution in [0, 0.1) is 11.6 Å². The standard InChI is InChI=1S/C14H9F2NO3/c15-10-5-11(16)7-12(6-10)17-13(18)8-2-1-3-9(4-8)14(19)20/h1-7H,(H,17,18)(H,19,20). The lowest BCUT2D eigenvalue weighted by Crippen LogP contribution is -2.13. The van der Waals surface area contributed by atoms with Gasteiger partial charge in [-0.1, -0.05) is 6.07 Å². The number of carbonyl (C=O) groups excluding carboxylic acids is 1. The predicted molar refractivity (Wildman–Crippen MR) is 67.7 cm³/mol. The van der Waals surface area contributed by atoms with Crippen LogP contribution in [0.25, 0.3) is 0 Å². The van der Waals surface area contributed by atoms with Crippen molar-refractivity contribution in [3.63, 3.8) is 0 Å². The zero-order chi connectivity index (χ0) is 14.7. The Kier molecular flexibility index (Phi) is 3.74. The Morgan fingerprint density at radius 1 is 0.950 bits per heavy atom. The van der Waals surface area contributed by atoms with Crippen molar-refractivity contribution in [2.75, 3.05) is 5.32 Å². The topological polar surface area (TPSA) is 66.4 Å². The maximum Gasteiger partial charge on any atom is 0.335 e. The van der Waals surface area contributed by atoms with Gasteiger partial charge in [0.05, 0.1) is 5.56 Å². The van der Waals surface area contributed by atoms with Gasteiger partial charge >= 0.3 is 5.97 Å². The molecule has 0 fully saturated rings. The number of hydrogen-bond acceptors (Lipinski definition) is 2. The minimum Gasteiger partial charge on any atom is -0.478 e. The van der Waals surface area contributed by atoms with Crippen LogP contribution in [-0.2, 0) is 0 Å². The van der Waals surface area contributed by atoms with Crippen LogP contribution in [0.1, 0.15) is 20.7 Å². The van der Waals surface area contributed by atoms with Crippen LogP contribution >= 0.6 is 0 Å². The van der Waals surface area contributed by atoms with E-state index in [0.717, 1.165) is 12.1 Å². The van der Waals surface area contributed by atoms with E-state index in [1.807, 2.05) is 0 Å². The molecule has 0 unspecified atom stereocenters. The van der Waals surface area contributed by atoms with Gasteiger partial charge in [0, 0.05) is 17.3 Å². The SMILES string of the molecule is O=C(O)c1cccc(C(=O)Nc2cc(F)cc(F)c2)c1. The molecule has 0 saturated carbocycles. The van der Waals surface area contributed by atoms with Crippen LogP contribution in [0.3, 0.4) is 0 Å². The van der Waals surface area contributed by atoms with Crippen molar-refractivity contribution < 1.29 is 23.5 Å². The largest absolute Gasteiger partial charge is 0.478 e. The molecule has 1 amide bonds. The molecule has 0 atom stereocenters. The summed E-state index contributed by atoms with van der Waals surface area (Å²) in [6, 6.07) is 7.92. The first kappa shape index (κ1) is 13.7. The molecule has 4 nitrogen and oxygen atoms in total. The van der Waals surface area contributed by atoms with Crippen LogP contribution in [0.4, 0.5) is 14.5 Å². The van der Waals surface area contributed by atoms with Crippen molar-refractivity contribution >= 4 is 17.6 Å². The Hall–Kier alpha value is -2.76. The van der Waals surface area contributed by atoms with Gasteiger partial charge < -0.3 is 10.4 Å². The second kappa shape index (κ2) is 5.48. The summed E-state index contributed by atoms with van der Waals surface area (Å²) in [5.41, 5.74) is -0.0223. The molecule has 0 aliphatic carbocycles. The van der Waals surface area contributed by atoms with E-state index in [2.05, 4.69) is 5.32 Å². The zero-order valence-electron chi connectivity index (χ0n) is 10.1. The Morgan fingerprint density at radius 3 is 2.15 bits per heavy atom. The van der Waals surface area contributed by atoms with Crippen LogP contribution < -0.4 is 5.32 Å². The first-order valence-electron chi connectivity index (χ1n) is 5.56. The fourth-order valence-electron chi connectivity index (χ4n) is 1.62. The maximum atomic E-state index is 13.0. The molecular weight excluding hydrogens is 268 g/mol. The van der Waals surface area contributed by atoms with Crippen molar-refractivity contribution in [3.8, 4) is 0 Å². The van der Waals surface area contributed by atoms with E-state index in [1.54, 1.807) is 0 Å². The molecule has 0 aliphatic heterocycles. The van der Waals surface area contributed by atoms with Gasteiger partial charge in [-0.2, -0.15) is 0 Å². The monoisotopic (exact) mass is 277 g/mol. The summed E-state index contributed by atoms with van der Waals surface area (Å²) in [5, 5.41) is 11.1. The Labute approximate surface area is 112 Å². The van der Waals surface area contributed by atoms with Crippen LogP contribution in [0.15, 0.2) is 42.5 Å². The summed E-state index contributed by atoms with van der Waals surface area (Å²) < 4.78 is 26.0. The van der Waals surface area contributed by atoms with E-state index in [1.165, 1.54) is 24.3 Å². The van der Waals surface area contributed by atoms with Gasteiger partial charge in [0.25, 0.3) is 5.91 Å². The fraction of sp³-hybridized carbons (Fsp3) is 0. The number of nitrogens with one attached hydrogen (secondary N) is 1. The molecule has 6 heteroatoms. The third-order valence-electron chi connectivity index (χ3n) is 2.49. The van der Waals surface area contributed by atoms with E-state index in [-0.39, 0.29) is 16.8 Å². The fourth-order valence-corrected chi connectivity index (χ4v) is 1.62. The number of carboxylic acid groups (broad SMARTS) is 1. The van der Waals surface area contributed by atoms with Gasteiger partial charge in [-0.3, -0.25) is 4.79 Å². The molecule has 0 radical (unpaired) electrons. The summed E-state index contributed by atoms with van der Waals surface area (Å²) in [7, 11) is 0. The minimum absolute atomic E-state index is 0.0479. The van der Waals surface area contributed by atoms with Crippen LogP contribution in [-0.4, -0.2) is 17.0 Å². The number of carboxylic acids is 1. The highest BCUT2D eigenvalue weighted by atomic mass is 19.1. The van der Waals surface area contributed by atoms with Crippen LogP contribution in [0.5, 0.6) is 0 Å². The smallest absolute Gasteiger partial charge is 0.335 e. The van der Waals surface area contributed by atoms with E-state index in [9.17, 15) is 18.4 Å². The van der Waals surface area contributed by atoms with Crippen molar-refractivity contribution in [2.45, 2.75) is 0 Å². The Balaban J connectivity index is 2.23. The molecule has 2 aromatic carbocycles. The van der Waals surface area contributed by atoms with Gasteiger partial charge in [-0.05, 0) is 30.3 Å². The van der Waals surface area contributed by atoms with E-state index < -0.39 is 23.5 Å². The number of anilines is 1. The Morgan fingerprint density at radius 2 is 1.55 bits per heavy atom. The van der Waals surface area contributed by atoms with E-state index in [4.69, 9.17) is 5.11 Å². The molecule has 0 bridgehead atoms. The first-order valence-corrected chi connectivity index (χ1v) is 5.56. The lowest BCUT2D eigenvalue weighted by molar-refractivity contribution is 0.0697. The Bertz CT molecular complexity index is 666. The second-order valence-electron chi connectivity index (χ2n) is 4.00. The number of hydrogen-bond donors (Lipinski definition) is 2. The van der Waals surface area contributed by atoms with Crippen molar-refractivity contribution in [3.05, 3.63) is 65.2 Å². The van der Waals surface area contributed by atoms with Gasteiger partial charge in [-0.15, -0.1) is 0 Å². The highest BCUT2D eigenvalue weighted by molar-refractivity contribution is 6.05. The molecule has 102 valence electrons. The maximum absolute atomic E-state index is 13.0. The highest BCUT2D eigenvalue weighted by Gasteiger charge is 2.10. The average Bonchev–Trinajstić information content (AvgIpc) is 2.37. The lowest BCUT2D eigenvalue weighted by atomic mass is 10.1. The highest BCUT2D eigenvalue weighted by Crippen LogP contribution is 2.14. The van der Waals surface area contributed by atoms with Gasteiger partial charge in [0.15, 0.2) is 0 Å². The number of carbonyl (C=O) groups is 2. The molecule has 2 aromatic rings. The quantitative estimate of drug-likeness (QED) is 0.906. The molecule has 0 saturated heterocycles. The molecule has 0 aliphatic rings. The molecular formula is C14H9F2NO3. The first-order chi connectivity index (χ1) is 9.45. The van der Waals surface area contributed by atoms with Crippen molar-refractivity contribution in [2.24, 2.45) is 0 Å². The second-order valence-corrected chi connectivity index (χ2v) is 4.00. The average molecular weight is 277 g/mol. The number of halogens is 2. The summed E-state index contributed by atoms with van der Waals surface area (Å²) >= 11 is 0. The van der Waals surface area contributed by atoms with E-state index in [0.29, 0.717) is 6.07 Å². The third kappa shape index (κ3) is 3.17. The van der Waals surface area contributed by atoms with Gasteiger partial charge in [0.1, 0.15) is 11.6 Å². The van der Waals surface area contributed by atoms with Gasteiger partial charge in [-0.25, -0.2) is 13.6 Å². The molecule has 2 N–H and O–H groups in total. The number of rotatable bonds is 3. The molecule has 0 heterocycles. The minimum atomic E-state index is -1.17. The zero-order valence-corrected chi connectivity index (χ0v) is 10.1. The van der Waals surface area contributed by atoms with Crippen molar-refractivity contribution in [1.82, 2.24) is 0 Å². The van der Waals surface area contributed by atoms with Crippen LogP contribution in [0.2, 0.25) is 0 Å². The summed E-state index contributed by atoms with van der Waals surface area (Å²) in [6.07, 6.45) is 0.